The molecule has 10 heteroatoms. The van der Waals surface area contributed by atoms with Gasteiger partial charge in [0.25, 0.3) is 11.6 Å². The number of non-ortho nitro benzene ring substituents is 1. The van der Waals surface area contributed by atoms with Gasteiger partial charge in [0.15, 0.2) is 5.75 Å². The second-order valence-corrected chi connectivity index (χ2v) is 7.43. The van der Waals surface area contributed by atoms with Crippen LogP contribution in [-0.2, 0) is 0 Å². The van der Waals surface area contributed by atoms with Crippen LogP contribution in [0.1, 0.15) is 22.2 Å². The third-order valence-corrected chi connectivity index (χ3v) is 5.30. The summed E-state index contributed by atoms with van der Waals surface area (Å²) in [5.74, 6) is -0.0328. The molecule has 2 aromatic carbocycles. The van der Waals surface area contributed by atoms with Crippen molar-refractivity contribution in [1.29, 1.82) is 0 Å². The van der Waals surface area contributed by atoms with Crippen LogP contribution in [0.15, 0.2) is 41.5 Å². The maximum Gasteiger partial charge on any atom is 0.281 e. The van der Waals surface area contributed by atoms with E-state index >= 15 is 0 Å². The van der Waals surface area contributed by atoms with Crippen LogP contribution in [0, 0.1) is 10.1 Å². The van der Waals surface area contributed by atoms with Crippen molar-refractivity contribution >= 4 is 62.4 Å². The molecule has 1 amide bonds. The number of nitrogens with one attached hydrogen (secondary N) is 1. The lowest BCUT2D eigenvalue weighted by molar-refractivity contribution is -0.384. The molecule has 0 aliphatic carbocycles. The number of carbonyl (C=O) groups excluding carboxylic acids is 1. The third kappa shape index (κ3) is 4.41. The van der Waals surface area contributed by atoms with Gasteiger partial charge in [0.1, 0.15) is 0 Å². The van der Waals surface area contributed by atoms with Crippen molar-refractivity contribution in [2.75, 3.05) is 6.61 Å². The average molecular weight is 438 g/mol. The maximum atomic E-state index is 12.3. The molecule has 0 fully saturated rings. The van der Waals surface area contributed by atoms with E-state index in [9.17, 15) is 14.9 Å². The number of nitrogens with zero attached hydrogens (tertiary/aromatic N) is 2. The minimum atomic E-state index is -0.478. The van der Waals surface area contributed by atoms with E-state index < -0.39 is 10.8 Å². The summed E-state index contributed by atoms with van der Waals surface area (Å²) in [6, 6.07) is 9.26. The van der Waals surface area contributed by atoms with Gasteiger partial charge in [-0.1, -0.05) is 23.2 Å². The summed E-state index contributed by atoms with van der Waals surface area (Å²) in [5.41, 5.74) is 2.97. The molecule has 3 aromatic rings. The standard InChI is InChI=1S/C18H13Cl2N3O4S/c1-2-27-17-13(19)5-10(6-14(17)20)9-21-22-18(24)16-8-11-7-12(23(25)26)3-4-15(11)28-16/h3-9H,2H2,1H3,(H,22,24). The van der Waals surface area contributed by atoms with Crippen LogP contribution in [0.4, 0.5) is 5.69 Å². The van der Waals surface area contributed by atoms with E-state index in [0.29, 0.717) is 38.2 Å². The van der Waals surface area contributed by atoms with E-state index in [1.807, 2.05) is 6.92 Å². The number of hydrogen-bond acceptors (Lipinski definition) is 6. The highest BCUT2D eigenvalue weighted by Gasteiger charge is 2.13. The van der Waals surface area contributed by atoms with Crippen molar-refractivity contribution in [3.63, 3.8) is 0 Å². The number of ether oxygens (including phenoxy) is 1. The Labute approximate surface area is 173 Å². The van der Waals surface area contributed by atoms with Crippen molar-refractivity contribution in [3.8, 4) is 5.75 Å². The highest BCUT2D eigenvalue weighted by atomic mass is 35.5. The summed E-state index contributed by atoms with van der Waals surface area (Å²) in [6.07, 6.45) is 1.41. The minimum Gasteiger partial charge on any atom is -0.491 e. The molecule has 1 heterocycles. The first kappa shape index (κ1) is 20.1. The Bertz CT molecular complexity index is 1070. The molecule has 0 radical (unpaired) electrons. The molecule has 144 valence electrons. The van der Waals surface area contributed by atoms with Crippen molar-refractivity contribution in [2.45, 2.75) is 6.92 Å². The van der Waals surface area contributed by atoms with E-state index in [4.69, 9.17) is 27.9 Å². The summed E-state index contributed by atoms with van der Waals surface area (Å²) in [4.78, 5) is 23.0. The predicted octanol–water partition coefficient (Wildman–Crippen LogP) is 5.28. The van der Waals surface area contributed by atoms with Gasteiger partial charge in [-0.15, -0.1) is 11.3 Å². The van der Waals surface area contributed by atoms with Crippen LogP contribution >= 0.6 is 34.5 Å². The zero-order valence-corrected chi connectivity index (χ0v) is 16.8. The predicted molar refractivity (Wildman–Crippen MR) is 111 cm³/mol. The molecule has 0 bridgehead atoms. The molecule has 0 unspecified atom stereocenters. The topological polar surface area (TPSA) is 93.8 Å². The largest absolute Gasteiger partial charge is 0.491 e. The number of halogens is 2. The number of carbonyl (C=O) groups is 1. The molecule has 28 heavy (non-hydrogen) atoms. The molecule has 1 N–H and O–H groups in total. The van der Waals surface area contributed by atoms with Crippen LogP contribution in [-0.4, -0.2) is 23.7 Å². The van der Waals surface area contributed by atoms with Gasteiger partial charge in [-0.2, -0.15) is 5.10 Å². The lowest BCUT2D eigenvalue weighted by Gasteiger charge is -2.08. The Morgan fingerprint density at radius 3 is 2.64 bits per heavy atom. The van der Waals surface area contributed by atoms with Crippen molar-refractivity contribution in [3.05, 3.63) is 67.0 Å². The Balaban J connectivity index is 1.73. The van der Waals surface area contributed by atoms with E-state index in [0.717, 1.165) is 4.70 Å². The minimum absolute atomic E-state index is 0.0282. The first-order chi connectivity index (χ1) is 13.4. The number of fused-ring (bicyclic) bond motifs is 1. The quantitative estimate of drug-likeness (QED) is 0.322. The molecule has 3 rings (SSSR count). The fourth-order valence-electron chi connectivity index (χ4n) is 2.41. The SMILES string of the molecule is CCOc1c(Cl)cc(C=NNC(=O)c2cc3cc([N+](=O)[O-])ccc3s2)cc1Cl. The second-order valence-electron chi connectivity index (χ2n) is 5.54. The van der Waals surface area contributed by atoms with Gasteiger partial charge in [0, 0.05) is 22.2 Å². The highest BCUT2D eigenvalue weighted by Crippen LogP contribution is 2.34. The van der Waals surface area contributed by atoms with Gasteiger partial charge in [-0.3, -0.25) is 14.9 Å². The molecule has 0 atom stereocenters. The first-order valence-electron chi connectivity index (χ1n) is 8.02. The summed E-state index contributed by atoms with van der Waals surface area (Å²) in [5, 5.41) is 16.1. The van der Waals surface area contributed by atoms with Gasteiger partial charge in [0.2, 0.25) is 0 Å². The number of hydrogen-bond donors (Lipinski definition) is 1. The Morgan fingerprint density at radius 1 is 1.29 bits per heavy atom. The van der Waals surface area contributed by atoms with Crippen LogP contribution in [0.5, 0.6) is 5.75 Å². The third-order valence-electron chi connectivity index (χ3n) is 3.62. The number of amides is 1. The van der Waals surface area contributed by atoms with Gasteiger partial charge in [-0.05, 0) is 36.8 Å². The zero-order valence-electron chi connectivity index (χ0n) is 14.4. The molecule has 1 aromatic heterocycles. The Hall–Kier alpha value is -2.68. The fraction of sp³-hybridized carbons (Fsp3) is 0.111. The second kappa shape index (κ2) is 8.55. The van der Waals surface area contributed by atoms with Crippen molar-refractivity contribution < 1.29 is 14.5 Å². The molecule has 0 aliphatic rings. The summed E-state index contributed by atoms with van der Waals surface area (Å²) in [7, 11) is 0. The van der Waals surface area contributed by atoms with E-state index in [1.165, 1.54) is 29.7 Å². The van der Waals surface area contributed by atoms with Gasteiger partial charge in [0.05, 0.1) is 32.7 Å². The van der Waals surface area contributed by atoms with Crippen LogP contribution < -0.4 is 10.2 Å². The summed E-state index contributed by atoms with van der Waals surface area (Å²) >= 11 is 13.5. The molecule has 0 saturated heterocycles. The Morgan fingerprint density at radius 2 is 2.00 bits per heavy atom. The average Bonchev–Trinajstić information content (AvgIpc) is 3.08. The number of hydrazone groups is 1. The van der Waals surface area contributed by atoms with Crippen LogP contribution in [0.3, 0.4) is 0 Å². The maximum absolute atomic E-state index is 12.3. The summed E-state index contributed by atoms with van der Waals surface area (Å²) in [6.45, 7) is 2.25. The molecule has 0 saturated carbocycles. The first-order valence-corrected chi connectivity index (χ1v) is 9.59. The molecular formula is C18H13Cl2N3O4S. The van der Waals surface area contributed by atoms with Crippen LogP contribution in [0.2, 0.25) is 10.0 Å². The van der Waals surface area contributed by atoms with Crippen LogP contribution in [0.25, 0.3) is 10.1 Å². The number of nitro groups is 1. The lowest BCUT2D eigenvalue weighted by Crippen LogP contribution is -2.16. The smallest absolute Gasteiger partial charge is 0.281 e. The van der Waals surface area contributed by atoms with E-state index in [-0.39, 0.29) is 5.69 Å². The molecule has 7 nitrogen and oxygen atoms in total. The van der Waals surface area contributed by atoms with Gasteiger partial charge >= 0.3 is 0 Å². The number of nitro benzene ring substituents is 1. The van der Waals surface area contributed by atoms with Gasteiger partial charge < -0.3 is 4.74 Å². The summed E-state index contributed by atoms with van der Waals surface area (Å²) < 4.78 is 6.12. The fourth-order valence-corrected chi connectivity index (χ4v) is 3.96. The van der Waals surface area contributed by atoms with E-state index in [2.05, 4.69) is 10.5 Å². The van der Waals surface area contributed by atoms with Crippen molar-refractivity contribution in [2.24, 2.45) is 5.10 Å². The van der Waals surface area contributed by atoms with E-state index in [1.54, 1.807) is 24.3 Å². The number of rotatable bonds is 6. The number of thiophene rings is 1. The molecule has 0 spiro atoms. The molecular weight excluding hydrogens is 425 g/mol. The Kier molecular flexibility index (Phi) is 6.13. The molecule has 0 aliphatic heterocycles. The normalized spacial score (nSPS) is 11.1. The number of benzene rings is 2. The van der Waals surface area contributed by atoms with Gasteiger partial charge in [-0.25, -0.2) is 5.43 Å². The highest BCUT2D eigenvalue weighted by molar-refractivity contribution is 7.20. The monoisotopic (exact) mass is 437 g/mol. The van der Waals surface area contributed by atoms with Crippen molar-refractivity contribution in [1.82, 2.24) is 5.43 Å². The lowest BCUT2D eigenvalue weighted by atomic mass is 10.2. The zero-order chi connectivity index (χ0) is 20.3.